The molecule has 3 aliphatic heterocycles. The summed E-state index contributed by atoms with van der Waals surface area (Å²) < 4.78 is 15.2. The topological polar surface area (TPSA) is 77.0 Å². The van der Waals surface area contributed by atoms with Crippen LogP contribution in [0.5, 0.6) is 0 Å². The molecule has 6 rings (SSSR count). The second-order valence-electron chi connectivity index (χ2n) is 10.8. The first-order valence-corrected chi connectivity index (χ1v) is 12.8. The molecule has 35 heavy (non-hydrogen) atoms. The van der Waals surface area contributed by atoms with Gasteiger partial charge in [0.25, 0.3) is 0 Å². The molecule has 1 saturated carbocycles. The standard InChI is InChI=1S/C29H31FN4O/c1-17-29(8-9-32-16-29)24-13-19(5-7-26(24)33-17)20-2-3-21(25(30)14-20)10-18(15-31)11-27(35)28-22-4-6-23(12-22)34-28/h2-3,5,7,13-14,18,22-23,28,32-34H,1,4,6,8-12,16H2/t18-,22+,23-,28+,29?/m1/s1. The molecule has 4 aliphatic rings. The largest absolute Gasteiger partial charge is 0.358 e. The van der Waals surface area contributed by atoms with Crippen molar-refractivity contribution in [2.24, 2.45) is 11.8 Å². The van der Waals surface area contributed by atoms with Crippen LogP contribution < -0.4 is 16.0 Å². The molecule has 2 aromatic rings. The zero-order chi connectivity index (χ0) is 24.2. The third-order valence-corrected chi connectivity index (χ3v) is 8.74. The summed E-state index contributed by atoms with van der Waals surface area (Å²) in [7, 11) is 0. The van der Waals surface area contributed by atoms with Gasteiger partial charge in [0.2, 0.25) is 0 Å². The highest BCUT2D eigenvalue weighted by Gasteiger charge is 2.45. The van der Waals surface area contributed by atoms with Gasteiger partial charge in [0.05, 0.1) is 23.4 Å². The number of carbonyl (C=O) groups excluding carboxylic acids is 1. The predicted octanol–water partition coefficient (Wildman–Crippen LogP) is 4.44. The Labute approximate surface area is 205 Å². The van der Waals surface area contributed by atoms with Gasteiger partial charge < -0.3 is 16.0 Å². The van der Waals surface area contributed by atoms with Crippen LogP contribution in [0.1, 0.15) is 43.2 Å². The highest BCUT2D eigenvalue weighted by atomic mass is 19.1. The van der Waals surface area contributed by atoms with Crippen LogP contribution in [0.2, 0.25) is 0 Å². The first-order valence-electron chi connectivity index (χ1n) is 12.8. The van der Waals surface area contributed by atoms with Crippen molar-refractivity contribution >= 4 is 11.5 Å². The summed E-state index contributed by atoms with van der Waals surface area (Å²) in [6, 6.07) is 14.0. The third kappa shape index (κ3) is 3.78. The number of benzene rings is 2. The van der Waals surface area contributed by atoms with Gasteiger partial charge in [-0.1, -0.05) is 24.8 Å². The lowest BCUT2D eigenvalue weighted by molar-refractivity contribution is -0.122. The third-order valence-electron chi connectivity index (χ3n) is 8.74. The lowest BCUT2D eigenvalue weighted by Crippen LogP contribution is -2.42. The predicted molar refractivity (Wildman–Crippen MR) is 134 cm³/mol. The van der Waals surface area contributed by atoms with Crippen LogP contribution in [-0.4, -0.2) is 31.0 Å². The molecule has 0 radical (unpaired) electrons. The monoisotopic (exact) mass is 470 g/mol. The van der Waals surface area contributed by atoms with Crippen molar-refractivity contribution in [3.63, 3.8) is 0 Å². The van der Waals surface area contributed by atoms with Gasteiger partial charge in [0, 0.05) is 30.4 Å². The Bertz CT molecular complexity index is 1240. The summed E-state index contributed by atoms with van der Waals surface area (Å²) in [6.07, 6.45) is 4.71. The number of halogens is 1. The molecule has 0 aromatic heterocycles. The molecule has 6 heteroatoms. The van der Waals surface area contributed by atoms with E-state index in [-0.39, 0.29) is 35.9 Å². The van der Waals surface area contributed by atoms with Crippen molar-refractivity contribution in [1.29, 1.82) is 5.26 Å². The minimum atomic E-state index is -0.518. The second-order valence-corrected chi connectivity index (χ2v) is 10.8. The molecule has 180 valence electrons. The van der Waals surface area contributed by atoms with Crippen molar-refractivity contribution in [2.75, 3.05) is 18.4 Å². The molecule has 2 aromatic carbocycles. The fourth-order valence-corrected chi connectivity index (χ4v) is 6.76. The van der Waals surface area contributed by atoms with Gasteiger partial charge in [0.15, 0.2) is 5.78 Å². The van der Waals surface area contributed by atoms with Crippen molar-refractivity contribution in [3.8, 4) is 17.2 Å². The minimum Gasteiger partial charge on any atom is -0.358 e. The van der Waals surface area contributed by atoms with E-state index in [1.807, 2.05) is 12.1 Å². The first-order chi connectivity index (χ1) is 17.0. The van der Waals surface area contributed by atoms with Gasteiger partial charge >= 0.3 is 0 Å². The van der Waals surface area contributed by atoms with E-state index in [1.165, 1.54) is 5.56 Å². The summed E-state index contributed by atoms with van der Waals surface area (Å²) >= 11 is 0. The van der Waals surface area contributed by atoms with E-state index >= 15 is 4.39 Å². The Hall–Kier alpha value is -3.01. The summed E-state index contributed by atoms with van der Waals surface area (Å²) in [6.45, 7) is 6.07. The Kier molecular flexibility index (Phi) is 5.51. The van der Waals surface area contributed by atoms with E-state index < -0.39 is 5.92 Å². The summed E-state index contributed by atoms with van der Waals surface area (Å²) in [4.78, 5) is 12.8. The van der Waals surface area contributed by atoms with E-state index in [1.54, 1.807) is 12.1 Å². The average Bonchev–Trinajstić information content (AvgIpc) is 3.66. The SMILES string of the molecule is C=C1Nc2ccc(-c3ccc(C[C@@H](C#N)CC(=O)[C@H]4N[C@@H]5CC[C@H]4C5)c(F)c3)cc2C12CCNC2. The molecule has 1 spiro atoms. The smallest absolute Gasteiger partial charge is 0.151 e. The maximum atomic E-state index is 15.2. The van der Waals surface area contributed by atoms with Gasteiger partial charge in [-0.2, -0.15) is 5.26 Å². The number of anilines is 1. The Balaban J connectivity index is 1.18. The quantitative estimate of drug-likeness (QED) is 0.582. The van der Waals surface area contributed by atoms with E-state index in [2.05, 4.69) is 40.7 Å². The summed E-state index contributed by atoms with van der Waals surface area (Å²) in [5, 5.41) is 20.0. The molecule has 1 unspecified atom stereocenters. The van der Waals surface area contributed by atoms with Crippen LogP contribution in [-0.2, 0) is 16.6 Å². The highest BCUT2D eigenvalue weighted by molar-refractivity contribution is 5.85. The van der Waals surface area contributed by atoms with E-state index in [0.29, 0.717) is 17.5 Å². The number of rotatable bonds is 6. The lowest BCUT2D eigenvalue weighted by Gasteiger charge is -2.24. The molecule has 3 N–H and O–H groups in total. The first kappa shape index (κ1) is 22.5. The normalized spacial score (nSPS) is 29.3. The summed E-state index contributed by atoms with van der Waals surface area (Å²) in [5.41, 5.74) is 5.47. The van der Waals surface area contributed by atoms with Crippen LogP contribution in [0.4, 0.5) is 10.1 Å². The molecule has 1 aliphatic carbocycles. The number of carbonyl (C=O) groups is 1. The molecule has 2 bridgehead atoms. The number of piperidine rings is 1. The Morgan fingerprint density at radius 1 is 1.23 bits per heavy atom. The average molecular weight is 471 g/mol. The highest BCUT2D eigenvalue weighted by Crippen LogP contribution is 2.48. The van der Waals surface area contributed by atoms with Crippen molar-refractivity contribution in [2.45, 2.75) is 56.0 Å². The molecule has 5 atom stereocenters. The minimum absolute atomic E-state index is 0.101. The maximum Gasteiger partial charge on any atom is 0.151 e. The number of fused-ring (bicyclic) bond motifs is 4. The van der Waals surface area contributed by atoms with E-state index in [9.17, 15) is 10.1 Å². The van der Waals surface area contributed by atoms with E-state index in [0.717, 1.165) is 61.3 Å². The van der Waals surface area contributed by atoms with Crippen molar-refractivity contribution in [1.82, 2.24) is 10.6 Å². The molecule has 3 fully saturated rings. The molecule has 3 heterocycles. The van der Waals surface area contributed by atoms with Gasteiger partial charge in [0.1, 0.15) is 5.82 Å². The number of nitrogens with one attached hydrogen (secondary N) is 3. The Morgan fingerprint density at radius 3 is 2.74 bits per heavy atom. The lowest BCUT2D eigenvalue weighted by atomic mass is 9.78. The fourth-order valence-electron chi connectivity index (χ4n) is 6.76. The van der Waals surface area contributed by atoms with Crippen LogP contribution in [0.15, 0.2) is 48.7 Å². The van der Waals surface area contributed by atoms with Gasteiger partial charge in [-0.15, -0.1) is 0 Å². The van der Waals surface area contributed by atoms with Gasteiger partial charge in [-0.25, -0.2) is 4.39 Å². The van der Waals surface area contributed by atoms with Gasteiger partial charge in [-0.05, 0) is 85.0 Å². The fraction of sp³-hybridized carbons (Fsp3) is 0.448. The zero-order valence-corrected chi connectivity index (χ0v) is 19.9. The number of Topliss-reactive ketones (excluding diaryl/α,β-unsaturated/α-hetero) is 1. The molecule has 2 saturated heterocycles. The van der Waals surface area contributed by atoms with Crippen LogP contribution >= 0.6 is 0 Å². The van der Waals surface area contributed by atoms with Crippen LogP contribution in [0.25, 0.3) is 11.1 Å². The number of ketones is 1. The molecule has 5 nitrogen and oxygen atoms in total. The molecular weight excluding hydrogens is 439 g/mol. The molecule has 0 amide bonds. The van der Waals surface area contributed by atoms with Crippen LogP contribution in [0.3, 0.4) is 0 Å². The zero-order valence-electron chi connectivity index (χ0n) is 19.9. The van der Waals surface area contributed by atoms with Crippen molar-refractivity contribution in [3.05, 3.63) is 65.6 Å². The number of hydrogen-bond acceptors (Lipinski definition) is 5. The maximum absolute atomic E-state index is 15.2. The van der Waals surface area contributed by atoms with Crippen LogP contribution in [0, 0.1) is 29.0 Å². The van der Waals surface area contributed by atoms with Crippen molar-refractivity contribution < 1.29 is 9.18 Å². The number of nitrogens with zero attached hydrogens (tertiary/aromatic N) is 1. The Morgan fingerprint density at radius 2 is 2.06 bits per heavy atom. The molecular formula is C29H31FN4O. The van der Waals surface area contributed by atoms with Gasteiger partial charge in [-0.3, -0.25) is 4.79 Å². The van der Waals surface area contributed by atoms with E-state index in [4.69, 9.17) is 0 Å². The number of hydrogen-bond donors (Lipinski definition) is 3. The number of nitriles is 1. The second kappa shape index (κ2) is 8.58. The summed E-state index contributed by atoms with van der Waals surface area (Å²) in [5.74, 6) is -0.338.